The van der Waals surface area contributed by atoms with E-state index in [-0.39, 0.29) is 4.90 Å². The molecule has 1 aromatic heterocycles. The summed E-state index contributed by atoms with van der Waals surface area (Å²) in [5.74, 6) is 0.911. The Kier molecular flexibility index (Phi) is 4.21. The Hall–Kier alpha value is -1.40. The standard InChI is InChI=1S/C13H12BrNO3S/c1-19(16,17)12-6-2-5-11(8-12)18-13-10(9-14)4-3-7-15-13/h2-8H,9H2,1H3. The number of pyridine rings is 1. The summed E-state index contributed by atoms with van der Waals surface area (Å²) in [6.07, 6.45) is 2.79. The Labute approximate surface area is 120 Å². The Bertz CT molecular complexity index is 686. The number of aromatic nitrogens is 1. The molecule has 0 atom stereocenters. The number of benzene rings is 1. The average molecular weight is 342 g/mol. The number of hydrogen-bond donors (Lipinski definition) is 0. The van der Waals surface area contributed by atoms with Crippen molar-refractivity contribution < 1.29 is 13.2 Å². The van der Waals surface area contributed by atoms with Gasteiger partial charge in [-0.15, -0.1) is 0 Å². The average Bonchev–Trinajstić information content (AvgIpc) is 2.39. The van der Waals surface area contributed by atoms with Crippen LogP contribution in [0, 0.1) is 0 Å². The van der Waals surface area contributed by atoms with Gasteiger partial charge in [0.25, 0.3) is 0 Å². The molecule has 0 saturated heterocycles. The molecule has 0 radical (unpaired) electrons. The van der Waals surface area contributed by atoms with E-state index in [4.69, 9.17) is 4.74 Å². The van der Waals surface area contributed by atoms with E-state index >= 15 is 0 Å². The van der Waals surface area contributed by atoms with Gasteiger partial charge in [0.05, 0.1) is 4.90 Å². The smallest absolute Gasteiger partial charge is 0.223 e. The SMILES string of the molecule is CS(=O)(=O)c1cccc(Oc2ncccc2CBr)c1. The fourth-order valence-electron chi connectivity index (χ4n) is 1.50. The maximum atomic E-state index is 11.5. The lowest BCUT2D eigenvalue weighted by molar-refractivity contribution is 0.457. The fraction of sp³-hybridized carbons (Fsp3) is 0.154. The molecule has 0 saturated carbocycles. The van der Waals surface area contributed by atoms with E-state index in [0.717, 1.165) is 11.8 Å². The molecule has 6 heteroatoms. The van der Waals surface area contributed by atoms with Crippen LogP contribution in [-0.4, -0.2) is 19.7 Å². The molecule has 100 valence electrons. The van der Waals surface area contributed by atoms with Gasteiger partial charge in [0.15, 0.2) is 9.84 Å². The van der Waals surface area contributed by atoms with E-state index in [1.807, 2.05) is 12.1 Å². The van der Waals surface area contributed by atoms with Gasteiger partial charge in [-0.3, -0.25) is 0 Å². The highest BCUT2D eigenvalue weighted by Crippen LogP contribution is 2.26. The quantitative estimate of drug-likeness (QED) is 0.801. The monoisotopic (exact) mass is 341 g/mol. The first-order chi connectivity index (χ1) is 9.00. The van der Waals surface area contributed by atoms with Crippen LogP contribution in [0.15, 0.2) is 47.5 Å². The zero-order chi connectivity index (χ0) is 13.9. The highest BCUT2D eigenvalue weighted by molar-refractivity contribution is 9.08. The third-order valence-corrected chi connectivity index (χ3v) is 4.16. The summed E-state index contributed by atoms with van der Waals surface area (Å²) in [5.41, 5.74) is 0.896. The third kappa shape index (κ3) is 3.54. The lowest BCUT2D eigenvalue weighted by atomic mass is 10.3. The molecule has 0 N–H and O–H groups in total. The van der Waals surface area contributed by atoms with Gasteiger partial charge in [0.2, 0.25) is 5.88 Å². The van der Waals surface area contributed by atoms with Crippen LogP contribution >= 0.6 is 15.9 Å². The van der Waals surface area contributed by atoms with Crippen LogP contribution in [0.5, 0.6) is 11.6 Å². The molecular weight excluding hydrogens is 330 g/mol. The molecule has 2 rings (SSSR count). The lowest BCUT2D eigenvalue weighted by Gasteiger charge is -2.08. The summed E-state index contributed by atoms with van der Waals surface area (Å²) in [5, 5.41) is 0.613. The first kappa shape index (κ1) is 14.0. The van der Waals surface area contributed by atoms with Crippen LogP contribution in [0.2, 0.25) is 0 Å². The molecule has 0 unspecified atom stereocenters. The fourth-order valence-corrected chi connectivity index (χ4v) is 2.58. The van der Waals surface area contributed by atoms with Crippen LogP contribution in [0.25, 0.3) is 0 Å². The zero-order valence-corrected chi connectivity index (χ0v) is 12.6. The molecule has 1 aromatic carbocycles. The van der Waals surface area contributed by atoms with Crippen molar-refractivity contribution in [3.63, 3.8) is 0 Å². The maximum absolute atomic E-state index is 11.5. The van der Waals surface area contributed by atoms with Crippen LogP contribution < -0.4 is 4.74 Å². The van der Waals surface area contributed by atoms with Crippen molar-refractivity contribution >= 4 is 25.8 Å². The van der Waals surface area contributed by atoms with Crippen molar-refractivity contribution in [2.45, 2.75) is 10.2 Å². The molecule has 0 amide bonds. The van der Waals surface area contributed by atoms with Gasteiger partial charge < -0.3 is 4.74 Å². The van der Waals surface area contributed by atoms with Gasteiger partial charge >= 0.3 is 0 Å². The van der Waals surface area contributed by atoms with Crippen molar-refractivity contribution in [2.75, 3.05) is 6.26 Å². The van der Waals surface area contributed by atoms with Gasteiger partial charge in [-0.25, -0.2) is 13.4 Å². The molecule has 0 aliphatic rings. The second kappa shape index (κ2) is 5.71. The number of nitrogens with zero attached hydrogens (tertiary/aromatic N) is 1. The molecular formula is C13H12BrNO3S. The second-order valence-electron chi connectivity index (χ2n) is 3.95. The minimum absolute atomic E-state index is 0.223. The third-order valence-electron chi connectivity index (χ3n) is 2.44. The summed E-state index contributed by atoms with van der Waals surface area (Å²) >= 11 is 3.35. The van der Waals surface area contributed by atoms with Crippen molar-refractivity contribution in [2.24, 2.45) is 0 Å². The van der Waals surface area contributed by atoms with Gasteiger partial charge in [-0.2, -0.15) is 0 Å². The molecule has 0 aliphatic carbocycles. The van der Waals surface area contributed by atoms with E-state index in [1.54, 1.807) is 18.3 Å². The topological polar surface area (TPSA) is 56.3 Å². The van der Waals surface area contributed by atoms with Crippen LogP contribution in [0.4, 0.5) is 0 Å². The molecule has 0 fully saturated rings. The number of ether oxygens (including phenoxy) is 1. The van der Waals surface area contributed by atoms with Crippen molar-refractivity contribution in [3.05, 3.63) is 48.2 Å². The summed E-state index contributed by atoms with van der Waals surface area (Å²) in [4.78, 5) is 4.36. The van der Waals surface area contributed by atoms with Crippen molar-refractivity contribution in [3.8, 4) is 11.6 Å². The molecule has 19 heavy (non-hydrogen) atoms. The predicted octanol–water partition coefficient (Wildman–Crippen LogP) is 3.17. The largest absolute Gasteiger partial charge is 0.439 e. The Morgan fingerprint density at radius 3 is 2.74 bits per heavy atom. The van der Waals surface area contributed by atoms with Gasteiger partial charge in [0, 0.05) is 23.3 Å². The normalized spacial score (nSPS) is 11.3. The summed E-state index contributed by atoms with van der Waals surface area (Å²) in [7, 11) is -3.24. The van der Waals surface area contributed by atoms with Gasteiger partial charge in [-0.05, 0) is 24.3 Å². The molecule has 0 spiro atoms. The predicted molar refractivity (Wildman–Crippen MR) is 76.5 cm³/mol. The second-order valence-corrected chi connectivity index (χ2v) is 6.53. The zero-order valence-electron chi connectivity index (χ0n) is 10.2. The molecule has 1 heterocycles. The van der Waals surface area contributed by atoms with Gasteiger partial charge in [0.1, 0.15) is 5.75 Å². The first-order valence-electron chi connectivity index (χ1n) is 5.48. The molecule has 0 aliphatic heterocycles. The summed E-state index contributed by atoms with van der Waals surface area (Å²) in [6.45, 7) is 0. The minimum atomic E-state index is -3.24. The van der Waals surface area contributed by atoms with Crippen molar-refractivity contribution in [1.82, 2.24) is 4.98 Å². The number of hydrogen-bond acceptors (Lipinski definition) is 4. The van der Waals surface area contributed by atoms with Crippen molar-refractivity contribution in [1.29, 1.82) is 0 Å². The molecule has 4 nitrogen and oxygen atoms in total. The molecule has 2 aromatic rings. The van der Waals surface area contributed by atoms with Crippen LogP contribution in [-0.2, 0) is 15.2 Å². The van der Waals surface area contributed by atoms with Gasteiger partial charge in [-0.1, -0.05) is 28.1 Å². The minimum Gasteiger partial charge on any atom is -0.439 e. The Morgan fingerprint density at radius 2 is 2.05 bits per heavy atom. The maximum Gasteiger partial charge on any atom is 0.223 e. The van der Waals surface area contributed by atoms with E-state index in [0.29, 0.717) is 17.0 Å². The Balaban J connectivity index is 2.34. The van der Waals surface area contributed by atoms with Crippen LogP contribution in [0.3, 0.4) is 0 Å². The van der Waals surface area contributed by atoms with E-state index in [2.05, 4.69) is 20.9 Å². The molecule has 0 bridgehead atoms. The highest BCUT2D eigenvalue weighted by Gasteiger charge is 2.10. The first-order valence-corrected chi connectivity index (χ1v) is 8.50. The highest BCUT2D eigenvalue weighted by atomic mass is 79.9. The van der Waals surface area contributed by atoms with E-state index in [1.165, 1.54) is 12.1 Å². The van der Waals surface area contributed by atoms with E-state index in [9.17, 15) is 8.42 Å². The lowest BCUT2D eigenvalue weighted by Crippen LogP contribution is -1.98. The van der Waals surface area contributed by atoms with Crippen LogP contribution in [0.1, 0.15) is 5.56 Å². The van der Waals surface area contributed by atoms with E-state index < -0.39 is 9.84 Å². The number of sulfone groups is 1. The number of rotatable bonds is 4. The number of halogens is 1. The number of alkyl halides is 1. The Morgan fingerprint density at radius 1 is 1.26 bits per heavy atom. The summed E-state index contributed by atoms with van der Waals surface area (Å²) in [6, 6.07) is 10.1. The summed E-state index contributed by atoms with van der Waals surface area (Å²) < 4.78 is 28.6.